The van der Waals surface area contributed by atoms with Gasteiger partial charge in [-0.2, -0.15) is 0 Å². The standard InChI is InChI=1S/C13H17ClFN/c14-11-6-10(7-12(15)8-11)13(9-16)4-2-1-3-5-13/h6-8H,1-5,9,16H2. The molecule has 0 bridgehead atoms. The Balaban J connectivity index is 2.38. The van der Waals surface area contributed by atoms with Gasteiger partial charge in [-0.3, -0.25) is 0 Å². The third kappa shape index (κ3) is 2.23. The lowest BCUT2D eigenvalue weighted by Crippen LogP contribution is -2.37. The van der Waals surface area contributed by atoms with E-state index in [0.29, 0.717) is 11.6 Å². The van der Waals surface area contributed by atoms with E-state index in [4.69, 9.17) is 17.3 Å². The highest BCUT2D eigenvalue weighted by Crippen LogP contribution is 2.39. The van der Waals surface area contributed by atoms with E-state index in [1.165, 1.54) is 25.3 Å². The average molecular weight is 242 g/mol. The average Bonchev–Trinajstić information content (AvgIpc) is 2.28. The highest BCUT2D eigenvalue weighted by Gasteiger charge is 2.32. The largest absolute Gasteiger partial charge is 0.330 e. The van der Waals surface area contributed by atoms with Gasteiger partial charge in [0.15, 0.2) is 0 Å². The maximum Gasteiger partial charge on any atom is 0.124 e. The van der Waals surface area contributed by atoms with Gasteiger partial charge in [0.1, 0.15) is 5.82 Å². The van der Waals surface area contributed by atoms with E-state index in [0.717, 1.165) is 18.4 Å². The number of rotatable bonds is 2. The van der Waals surface area contributed by atoms with Crippen LogP contribution in [0.15, 0.2) is 18.2 Å². The monoisotopic (exact) mass is 241 g/mol. The molecule has 0 unspecified atom stereocenters. The molecule has 0 atom stereocenters. The maximum atomic E-state index is 13.4. The molecule has 16 heavy (non-hydrogen) atoms. The summed E-state index contributed by atoms with van der Waals surface area (Å²) >= 11 is 5.91. The molecular formula is C13H17ClFN. The van der Waals surface area contributed by atoms with Crippen molar-refractivity contribution in [3.05, 3.63) is 34.6 Å². The minimum Gasteiger partial charge on any atom is -0.330 e. The lowest BCUT2D eigenvalue weighted by Gasteiger charge is -2.37. The van der Waals surface area contributed by atoms with Crippen LogP contribution >= 0.6 is 11.6 Å². The third-order valence-electron chi connectivity index (χ3n) is 3.68. The molecule has 2 N–H and O–H groups in total. The van der Waals surface area contributed by atoms with Crippen LogP contribution in [0, 0.1) is 5.82 Å². The number of halogens is 2. The minimum atomic E-state index is -0.263. The third-order valence-corrected chi connectivity index (χ3v) is 3.89. The lowest BCUT2D eigenvalue weighted by atomic mass is 9.69. The van der Waals surface area contributed by atoms with Crippen LogP contribution in [0.3, 0.4) is 0 Å². The Labute approximate surface area is 101 Å². The van der Waals surface area contributed by atoms with Gasteiger partial charge in [0.2, 0.25) is 0 Å². The van der Waals surface area contributed by atoms with Gasteiger partial charge in [-0.25, -0.2) is 4.39 Å². The van der Waals surface area contributed by atoms with E-state index < -0.39 is 0 Å². The van der Waals surface area contributed by atoms with Crippen LogP contribution in [-0.4, -0.2) is 6.54 Å². The van der Waals surface area contributed by atoms with Gasteiger partial charge >= 0.3 is 0 Å². The summed E-state index contributed by atoms with van der Waals surface area (Å²) in [6.45, 7) is 0.576. The number of hydrogen-bond acceptors (Lipinski definition) is 1. The fourth-order valence-electron chi connectivity index (χ4n) is 2.70. The molecule has 0 heterocycles. The molecule has 1 aromatic carbocycles. The molecular weight excluding hydrogens is 225 g/mol. The predicted molar refractivity (Wildman–Crippen MR) is 65.2 cm³/mol. The highest BCUT2D eigenvalue weighted by atomic mass is 35.5. The SMILES string of the molecule is NCC1(c2cc(F)cc(Cl)c2)CCCCC1. The summed E-state index contributed by atoms with van der Waals surface area (Å²) in [5, 5.41) is 0.466. The summed E-state index contributed by atoms with van der Waals surface area (Å²) in [6, 6.07) is 4.80. The van der Waals surface area contributed by atoms with Crippen LogP contribution in [-0.2, 0) is 5.41 Å². The summed E-state index contributed by atoms with van der Waals surface area (Å²) in [4.78, 5) is 0. The van der Waals surface area contributed by atoms with Gasteiger partial charge in [0.25, 0.3) is 0 Å². The first-order chi connectivity index (χ1) is 7.66. The molecule has 1 fully saturated rings. The Morgan fingerprint density at radius 1 is 1.19 bits per heavy atom. The maximum absolute atomic E-state index is 13.4. The Morgan fingerprint density at radius 2 is 1.88 bits per heavy atom. The van der Waals surface area contributed by atoms with Crippen molar-refractivity contribution in [2.75, 3.05) is 6.54 Å². The Hall–Kier alpha value is -0.600. The highest BCUT2D eigenvalue weighted by molar-refractivity contribution is 6.30. The van der Waals surface area contributed by atoms with E-state index >= 15 is 0 Å². The van der Waals surface area contributed by atoms with E-state index in [-0.39, 0.29) is 11.2 Å². The number of hydrogen-bond donors (Lipinski definition) is 1. The van der Waals surface area contributed by atoms with Gasteiger partial charge in [0.05, 0.1) is 0 Å². The molecule has 1 saturated carbocycles. The number of nitrogens with two attached hydrogens (primary N) is 1. The van der Waals surface area contributed by atoms with Crippen LogP contribution in [0.1, 0.15) is 37.7 Å². The zero-order chi connectivity index (χ0) is 11.6. The molecule has 1 nitrogen and oxygen atoms in total. The molecule has 0 amide bonds. The smallest absolute Gasteiger partial charge is 0.124 e. The molecule has 0 aliphatic heterocycles. The first-order valence-electron chi connectivity index (χ1n) is 5.83. The quantitative estimate of drug-likeness (QED) is 0.841. The molecule has 1 aromatic rings. The van der Waals surface area contributed by atoms with Crippen molar-refractivity contribution in [2.45, 2.75) is 37.5 Å². The molecule has 1 aliphatic rings. The second-order valence-corrected chi connectivity index (χ2v) is 5.14. The van der Waals surface area contributed by atoms with Gasteiger partial charge < -0.3 is 5.73 Å². The van der Waals surface area contributed by atoms with Crippen molar-refractivity contribution in [2.24, 2.45) is 5.73 Å². The second kappa shape index (κ2) is 4.72. The van der Waals surface area contributed by atoms with Crippen molar-refractivity contribution in [1.29, 1.82) is 0 Å². The molecule has 88 valence electrons. The molecule has 3 heteroatoms. The summed E-state index contributed by atoms with van der Waals surface area (Å²) in [5.41, 5.74) is 6.83. The molecule has 0 spiro atoms. The fourth-order valence-corrected chi connectivity index (χ4v) is 2.92. The van der Waals surface area contributed by atoms with Crippen LogP contribution in [0.5, 0.6) is 0 Å². The molecule has 0 aromatic heterocycles. The molecule has 0 saturated heterocycles. The molecule has 1 aliphatic carbocycles. The first-order valence-corrected chi connectivity index (χ1v) is 6.21. The summed E-state index contributed by atoms with van der Waals surface area (Å²) in [6.07, 6.45) is 5.69. The van der Waals surface area contributed by atoms with Crippen LogP contribution in [0.2, 0.25) is 5.02 Å². The van der Waals surface area contributed by atoms with Crippen LogP contribution in [0.25, 0.3) is 0 Å². The van der Waals surface area contributed by atoms with Gasteiger partial charge in [-0.15, -0.1) is 0 Å². The normalized spacial score (nSPS) is 19.7. The van der Waals surface area contributed by atoms with Crippen molar-refractivity contribution in [3.63, 3.8) is 0 Å². The van der Waals surface area contributed by atoms with E-state index in [1.807, 2.05) is 6.07 Å². The Kier molecular flexibility index (Phi) is 3.50. The van der Waals surface area contributed by atoms with Gasteiger partial charge in [0, 0.05) is 17.0 Å². The zero-order valence-corrected chi connectivity index (χ0v) is 10.1. The number of benzene rings is 1. The zero-order valence-electron chi connectivity index (χ0n) is 9.31. The van der Waals surface area contributed by atoms with Crippen LogP contribution in [0.4, 0.5) is 4.39 Å². The minimum absolute atomic E-state index is 0.0516. The van der Waals surface area contributed by atoms with Crippen molar-refractivity contribution in [1.82, 2.24) is 0 Å². The topological polar surface area (TPSA) is 26.0 Å². The summed E-state index contributed by atoms with van der Waals surface area (Å²) in [5.74, 6) is -0.263. The summed E-state index contributed by atoms with van der Waals surface area (Å²) in [7, 11) is 0. The van der Waals surface area contributed by atoms with E-state index in [9.17, 15) is 4.39 Å². The van der Waals surface area contributed by atoms with Crippen LogP contribution < -0.4 is 5.73 Å². The summed E-state index contributed by atoms with van der Waals surface area (Å²) < 4.78 is 13.4. The van der Waals surface area contributed by atoms with E-state index in [2.05, 4.69) is 0 Å². The predicted octanol–water partition coefficient (Wildman–Crippen LogP) is 3.64. The Morgan fingerprint density at radius 3 is 2.44 bits per heavy atom. The van der Waals surface area contributed by atoms with Crippen molar-refractivity contribution >= 4 is 11.6 Å². The van der Waals surface area contributed by atoms with Gasteiger partial charge in [-0.05, 0) is 36.6 Å². The Bertz CT molecular complexity index is 352. The van der Waals surface area contributed by atoms with Crippen molar-refractivity contribution in [3.8, 4) is 0 Å². The van der Waals surface area contributed by atoms with Gasteiger partial charge in [-0.1, -0.05) is 30.9 Å². The lowest BCUT2D eigenvalue weighted by molar-refractivity contribution is 0.300. The molecule has 2 rings (SSSR count). The first kappa shape index (κ1) is 11.9. The van der Waals surface area contributed by atoms with Crippen molar-refractivity contribution < 1.29 is 4.39 Å². The fraction of sp³-hybridized carbons (Fsp3) is 0.538. The van der Waals surface area contributed by atoms with E-state index in [1.54, 1.807) is 6.07 Å². The second-order valence-electron chi connectivity index (χ2n) is 4.70. The molecule has 0 radical (unpaired) electrons.